The average molecular weight is 375 g/mol. The van der Waals surface area contributed by atoms with E-state index in [1.807, 2.05) is 0 Å². The van der Waals surface area contributed by atoms with Crippen molar-refractivity contribution in [1.29, 1.82) is 0 Å². The Morgan fingerprint density at radius 2 is 1.81 bits per heavy atom. The molecular formula is C23H38N2O2. The van der Waals surface area contributed by atoms with E-state index in [2.05, 4.69) is 56.0 Å². The van der Waals surface area contributed by atoms with E-state index in [-0.39, 0.29) is 18.2 Å². The van der Waals surface area contributed by atoms with Crippen LogP contribution in [0.15, 0.2) is 30.3 Å². The molecule has 3 N–H and O–H groups in total. The predicted octanol–water partition coefficient (Wildman–Crippen LogP) is 3.68. The van der Waals surface area contributed by atoms with Crippen molar-refractivity contribution in [2.24, 2.45) is 5.73 Å². The number of piperidine rings is 1. The van der Waals surface area contributed by atoms with E-state index in [4.69, 9.17) is 10.5 Å². The lowest BCUT2D eigenvalue weighted by Gasteiger charge is -2.52. The number of benzene rings is 1. The number of aliphatic hydroxyl groups excluding tert-OH is 1. The summed E-state index contributed by atoms with van der Waals surface area (Å²) >= 11 is 0. The largest absolute Gasteiger partial charge is 0.394 e. The SMILES string of the molecule is CC(C)(C)N1CCC[C@@](N)(CO)[C@@H]1COC1CCC(c2ccccc2)CC1. The molecule has 0 radical (unpaired) electrons. The van der Waals surface area contributed by atoms with Gasteiger partial charge >= 0.3 is 0 Å². The van der Waals surface area contributed by atoms with Gasteiger partial charge in [0, 0.05) is 5.54 Å². The fourth-order valence-electron chi connectivity index (χ4n) is 4.97. The van der Waals surface area contributed by atoms with E-state index < -0.39 is 5.54 Å². The highest BCUT2D eigenvalue weighted by molar-refractivity contribution is 5.20. The van der Waals surface area contributed by atoms with E-state index in [1.54, 1.807) is 0 Å². The molecule has 2 fully saturated rings. The van der Waals surface area contributed by atoms with Gasteiger partial charge in [-0.05, 0) is 77.3 Å². The molecule has 1 heterocycles. The van der Waals surface area contributed by atoms with E-state index in [9.17, 15) is 5.11 Å². The van der Waals surface area contributed by atoms with Crippen LogP contribution in [0.4, 0.5) is 0 Å². The van der Waals surface area contributed by atoms with Crippen LogP contribution in [0, 0.1) is 0 Å². The molecule has 0 bridgehead atoms. The number of ether oxygens (including phenoxy) is 1. The number of hydrogen-bond donors (Lipinski definition) is 2. The summed E-state index contributed by atoms with van der Waals surface area (Å²) in [6.45, 7) is 8.36. The van der Waals surface area contributed by atoms with Gasteiger partial charge in [0.15, 0.2) is 0 Å². The smallest absolute Gasteiger partial charge is 0.0644 e. The van der Waals surface area contributed by atoms with Crippen LogP contribution in [0.1, 0.15) is 70.8 Å². The van der Waals surface area contributed by atoms with Gasteiger partial charge in [0.1, 0.15) is 0 Å². The molecule has 3 rings (SSSR count). The van der Waals surface area contributed by atoms with Crippen molar-refractivity contribution in [2.75, 3.05) is 19.8 Å². The van der Waals surface area contributed by atoms with Gasteiger partial charge in [-0.25, -0.2) is 0 Å². The summed E-state index contributed by atoms with van der Waals surface area (Å²) in [5.41, 5.74) is 7.56. The molecule has 1 saturated carbocycles. The Balaban J connectivity index is 1.57. The van der Waals surface area contributed by atoms with Crippen molar-refractivity contribution in [3.8, 4) is 0 Å². The van der Waals surface area contributed by atoms with Crippen LogP contribution in [0.5, 0.6) is 0 Å². The van der Waals surface area contributed by atoms with Crippen LogP contribution < -0.4 is 5.73 Å². The van der Waals surface area contributed by atoms with Gasteiger partial charge in [-0.2, -0.15) is 0 Å². The summed E-state index contributed by atoms with van der Waals surface area (Å²) in [5, 5.41) is 9.99. The Kier molecular flexibility index (Phi) is 6.62. The normalized spacial score (nSPS) is 33.1. The molecule has 27 heavy (non-hydrogen) atoms. The topological polar surface area (TPSA) is 58.7 Å². The van der Waals surface area contributed by atoms with Crippen LogP contribution in [-0.2, 0) is 4.74 Å². The van der Waals surface area contributed by atoms with E-state index >= 15 is 0 Å². The third-order valence-corrected chi connectivity index (χ3v) is 6.67. The lowest BCUT2D eigenvalue weighted by molar-refractivity contribution is -0.0814. The zero-order valence-corrected chi connectivity index (χ0v) is 17.4. The standard InChI is InChI=1S/C23H38N2O2/c1-22(2,3)25-15-7-14-23(24,17-26)21(25)16-27-20-12-10-19(11-13-20)18-8-5-4-6-9-18/h4-6,8-9,19-21,26H,7,10-17,24H2,1-3H3/t19?,20?,21-,23+/m0/s1. The third kappa shape index (κ3) is 4.92. The van der Waals surface area contributed by atoms with Crippen molar-refractivity contribution >= 4 is 0 Å². The molecule has 1 aromatic rings. The molecule has 0 amide bonds. The monoisotopic (exact) mass is 374 g/mol. The van der Waals surface area contributed by atoms with E-state index in [0.717, 1.165) is 32.2 Å². The first-order valence-electron chi connectivity index (χ1n) is 10.7. The van der Waals surface area contributed by atoms with Crippen LogP contribution >= 0.6 is 0 Å². The van der Waals surface area contributed by atoms with Gasteiger partial charge in [-0.1, -0.05) is 30.3 Å². The Morgan fingerprint density at radius 1 is 1.15 bits per heavy atom. The van der Waals surface area contributed by atoms with Gasteiger partial charge in [0.2, 0.25) is 0 Å². The van der Waals surface area contributed by atoms with Crippen LogP contribution in [-0.4, -0.2) is 53.0 Å². The molecular weight excluding hydrogens is 336 g/mol. The van der Waals surface area contributed by atoms with Gasteiger partial charge in [-0.15, -0.1) is 0 Å². The van der Waals surface area contributed by atoms with Gasteiger partial charge < -0.3 is 15.6 Å². The number of hydrogen-bond acceptors (Lipinski definition) is 4. The first kappa shape index (κ1) is 20.8. The molecule has 1 aliphatic carbocycles. The first-order chi connectivity index (χ1) is 12.8. The Morgan fingerprint density at radius 3 is 2.41 bits per heavy atom. The molecule has 1 aliphatic heterocycles. The number of nitrogens with zero attached hydrogens (tertiary/aromatic N) is 1. The second-order valence-corrected chi connectivity index (χ2v) is 9.59. The van der Waals surface area contributed by atoms with Crippen LogP contribution in [0.2, 0.25) is 0 Å². The summed E-state index contributed by atoms with van der Waals surface area (Å²) in [4.78, 5) is 2.45. The zero-order chi connectivity index (χ0) is 19.5. The van der Waals surface area contributed by atoms with Crippen LogP contribution in [0.3, 0.4) is 0 Å². The zero-order valence-electron chi connectivity index (χ0n) is 17.4. The van der Waals surface area contributed by atoms with Crippen molar-refractivity contribution in [3.05, 3.63) is 35.9 Å². The van der Waals surface area contributed by atoms with Crippen molar-refractivity contribution < 1.29 is 9.84 Å². The average Bonchev–Trinajstić information content (AvgIpc) is 2.67. The lowest BCUT2D eigenvalue weighted by Crippen LogP contribution is -2.69. The van der Waals surface area contributed by atoms with Crippen molar-refractivity contribution in [3.63, 3.8) is 0 Å². The molecule has 0 aromatic heterocycles. The van der Waals surface area contributed by atoms with Gasteiger partial charge in [0.25, 0.3) is 0 Å². The second kappa shape index (κ2) is 8.60. The minimum absolute atomic E-state index is 0.0222. The lowest BCUT2D eigenvalue weighted by atomic mass is 9.80. The summed E-state index contributed by atoms with van der Waals surface area (Å²) in [6.07, 6.45) is 6.82. The summed E-state index contributed by atoms with van der Waals surface area (Å²) in [7, 11) is 0. The van der Waals surface area contributed by atoms with Crippen LogP contribution in [0.25, 0.3) is 0 Å². The van der Waals surface area contributed by atoms with Crippen molar-refractivity contribution in [1.82, 2.24) is 4.90 Å². The third-order valence-electron chi connectivity index (χ3n) is 6.67. The molecule has 152 valence electrons. The minimum Gasteiger partial charge on any atom is -0.394 e. The Bertz CT molecular complexity index is 578. The minimum atomic E-state index is -0.563. The maximum atomic E-state index is 9.99. The molecule has 2 aliphatic rings. The number of aliphatic hydroxyl groups is 1. The van der Waals surface area contributed by atoms with E-state index in [1.165, 1.54) is 18.4 Å². The second-order valence-electron chi connectivity index (χ2n) is 9.59. The highest BCUT2D eigenvalue weighted by Crippen LogP contribution is 2.35. The fraction of sp³-hybridized carbons (Fsp3) is 0.739. The number of likely N-dealkylation sites (tertiary alicyclic amines) is 1. The first-order valence-corrected chi connectivity index (χ1v) is 10.7. The molecule has 1 saturated heterocycles. The van der Waals surface area contributed by atoms with Crippen molar-refractivity contribution in [2.45, 2.75) is 88.4 Å². The maximum absolute atomic E-state index is 9.99. The number of rotatable bonds is 5. The Labute approximate surface area is 165 Å². The molecule has 2 atom stereocenters. The molecule has 4 heteroatoms. The predicted molar refractivity (Wildman–Crippen MR) is 111 cm³/mol. The quantitative estimate of drug-likeness (QED) is 0.825. The highest BCUT2D eigenvalue weighted by Gasteiger charge is 2.45. The molecule has 4 nitrogen and oxygen atoms in total. The highest BCUT2D eigenvalue weighted by atomic mass is 16.5. The number of nitrogens with two attached hydrogens (primary N) is 1. The van der Waals surface area contributed by atoms with Gasteiger partial charge in [-0.3, -0.25) is 4.90 Å². The summed E-state index contributed by atoms with van der Waals surface area (Å²) in [6, 6.07) is 10.9. The fourth-order valence-corrected chi connectivity index (χ4v) is 4.97. The molecule has 0 unspecified atom stereocenters. The summed E-state index contributed by atoms with van der Waals surface area (Å²) in [5.74, 6) is 0.665. The Hall–Kier alpha value is -0.940. The molecule has 1 aromatic carbocycles. The van der Waals surface area contributed by atoms with E-state index in [0.29, 0.717) is 18.6 Å². The van der Waals surface area contributed by atoms with Gasteiger partial charge in [0.05, 0.1) is 30.9 Å². The summed E-state index contributed by atoms with van der Waals surface area (Å²) < 4.78 is 6.40. The maximum Gasteiger partial charge on any atom is 0.0644 e. The molecule has 0 spiro atoms.